The molecule has 8 nitrogen and oxygen atoms in total. The quantitative estimate of drug-likeness (QED) is 0.293. The standard InChI is InChI=1S/C21H24N4O4/c1-15(2)17-10-8-16(9-11-17)14-23-24-20(26)7-4-12-22-21(27)18-5-3-6-19(13-18)25(28)29/h3,5-6,8-11,13-15H,4,7,12H2,1-2H3,(H,22,27)(H,24,26)/b23-14+. The molecule has 0 radical (unpaired) electrons. The summed E-state index contributed by atoms with van der Waals surface area (Å²) in [5, 5.41) is 17.3. The lowest BCUT2D eigenvalue weighted by Gasteiger charge is -2.05. The molecule has 0 saturated carbocycles. The lowest BCUT2D eigenvalue weighted by Crippen LogP contribution is -2.26. The maximum absolute atomic E-state index is 12.0. The van der Waals surface area contributed by atoms with Crippen LogP contribution >= 0.6 is 0 Å². The van der Waals surface area contributed by atoms with Crippen LogP contribution in [-0.2, 0) is 4.79 Å². The summed E-state index contributed by atoms with van der Waals surface area (Å²) in [7, 11) is 0. The van der Waals surface area contributed by atoms with Gasteiger partial charge >= 0.3 is 0 Å². The second-order valence-electron chi connectivity index (χ2n) is 6.78. The zero-order chi connectivity index (χ0) is 21.2. The Morgan fingerprint density at radius 3 is 2.55 bits per heavy atom. The first-order valence-electron chi connectivity index (χ1n) is 9.31. The van der Waals surface area contributed by atoms with Gasteiger partial charge in [0.15, 0.2) is 0 Å². The summed E-state index contributed by atoms with van der Waals surface area (Å²) in [5.74, 6) is -0.222. The number of rotatable bonds is 9. The van der Waals surface area contributed by atoms with Crippen molar-refractivity contribution in [1.29, 1.82) is 0 Å². The van der Waals surface area contributed by atoms with Gasteiger partial charge in [-0.05, 0) is 29.5 Å². The predicted molar refractivity (Wildman–Crippen MR) is 111 cm³/mol. The van der Waals surface area contributed by atoms with Crippen molar-refractivity contribution in [2.45, 2.75) is 32.6 Å². The van der Waals surface area contributed by atoms with Crippen LogP contribution in [0.1, 0.15) is 54.1 Å². The summed E-state index contributed by atoms with van der Waals surface area (Å²) in [6.45, 7) is 4.51. The zero-order valence-electron chi connectivity index (χ0n) is 16.4. The number of amides is 2. The number of benzene rings is 2. The largest absolute Gasteiger partial charge is 0.352 e. The van der Waals surface area contributed by atoms with Gasteiger partial charge in [-0.25, -0.2) is 5.43 Å². The smallest absolute Gasteiger partial charge is 0.270 e. The van der Waals surface area contributed by atoms with E-state index in [1.54, 1.807) is 6.21 Å². The number of nitro benzene ring substituents is 1. The van der Waals surface area contributed by atoms with Crippen molar-refractivity contribution in [3.8, 4) is 0 Å². The van der Waals surface area contributed by atoms with Gasteiger partial charge in [-0.3, -0.25) is 19.7 Å². The Kier molecular flexibility index (Phi) is 8.02. The van der Waals surface area contributed by atoms with Crippen molar-refractivity contribution in [1.82, 2.24) is 10.7 Å². The molecule has 0 aliphatic rings. The van der Waals surface area contributed by atoms with E-state index in [1.807, 2.05) is 24.3 Å². The van der Waals surface area contributed by atoms with Crippen LogP contribution in [0.3, 0.4) is 0 Å². The van der Waals surface area contributed by atoms with E-state index in [-0.39, 0.29) is 30.1 Å². The third-order valence-corrected chi connectivity index (χ3v) is 4.19. The lowest BCUT2D eigenvalue weighted by atomic mass is 10.0. The normalized spacial score (nSPS) is 10.9. The van der Waals surface area contributed by atoms with Gasteiger partial charge in [-0.1, -0.05) is 44.2 Å². The van der Waals surface area contributed by atoms with Crippen molar-refractivity contribution in [3.05, 3.63) is 75.3 Å². The van der Waals surface area contributed by atoms with Crippen molar-refractivity contribution < 1.29 is 14.5 Å². The lowest BCUT2D eigenvalue weighted by molar-refractivity contribution is -0.384. The number of nitro groups is 1. The SMILES string of the molecule is CC(C)c1ccc(/C=N/NC(=O)CCCNC(=O)c2cccc([N+](=O)[O-])c2)cc1. The van der Waals surface area contributed by atoms with E-state index >= 15 is 0 Å². The van der Waals surface area contributed by atoms with E-state index in [1.165, 1.54) is 29.8 Å². The molecule has 0 fully saturated rings. The summed E-state index contributed by atoms with van der Waals surface area (Å²) in [4.78, 5) is 34.0. The van der Waals surface area contributed by atoms with Crippen LogP contribution in [0.15, 0.2) is 53.6 Å². The first-order chi connectivity index (χ1) is 13.9. The van der Waals surface area contributed by atoms with Crippen molar-refractivity contribution in [2.24, 2.45) is 5.10 Å². The number of non-ortho nitro benzene ring substituents is 1. The number of hydrazone groups is 1. The highest BCUT2D eigenvalue weighted by molar-refractivity contribution is 5.94. The van der Waals surface area contributed by atoms with Crippen LogP contribution in [0.2, 0.25) is 0 Å². The van der Waals surface area contributed by atoms with Crippen LogP contribution in [0.5, 0.6) is 0 Å². The zero-order valence-corrected chi connectivity index (χ0v) is 16.4. The minimum absolute atomic E-state index is 0.145. The topological polar surface area (TPSA) is 114 Å². The van der Waals surface area contributed by atoms with Gasteiger partial charge in [0.05, 0.1) is 11.1 Å². The number of carbonyl (C=O) groups is 2. The van der Waals surface area contributed by atoms with Crippen LogP contribution in [0.25, 0.3) is 0 Å². The Morgan fingerprint density at radius 1 is 1.17 bits per heavy atom. The molecule has 8 heteroatoms. The van der Waals surface area contributed by atoms with Crippen molar-refractivity contribution >= 4 is 23.7 Å². The van der Waals surface area contributed by atoms with Gasteiger partial charge in [-0.2, -0.15) is 5.10 Å². The molecule has 2 aromatic rings. The predicted octanol–water partition coefficient (Wildman–Crippen LogP) is 3.38. The van der Waals surface area contributed by atoms with E-state index in [0.29, 0.717) is 12.3 Å². The fraction of sp³-hybridized carbons (Fsp3) is 0.286. The molecule has 152 valence electrons. The maximum Gasteiger partial charge on any atom is 0.270 e. The highest BCUT2D eigenvalue weighted by Crippen LogP contribution is 2.14. The summed E-state index contributed by atoms with van der Waals surface area (Å²) in [6.07, 6.45) is 2.19. The van der Waals surface area contributed by atoms with Crippen LogP contribution in [-0.4, -0.2) is 29.5 Å². The van der Waals surface area contributed by atoms with Crippen LogP contribution in [0.4, 0.5) is 5.69 Å². The van der Waals surface area contributed by atoms with E-state index in [9.17, 15) is 19.7 Å². The molecule has 2 amide bonds. The van der Waals surface area contributed by atoms with Crippen LogP contribution in [0, 0.1) is 10.1 Å². The summed E-state index contributed by atoms with van der Waals surface area (Å²) >= 11 is 0. The van der Waals surface area contributed by atoms with Gasteiger partial charge < -0.3 is 5.32 Å². The van der Waals surface area contributed by atoms with Gasteiger partial charge in [0.25, 0.3) is 11.6 Å². The number of nitrogens with zero attached hydrogens (tertiary/aromatic N) is 2. The summed E-state index contributed by atoms with van der Waals surface area (Å²) < 4.78 is 0. The number of nitrogens with one attached hydrogen (secondary N) is 2. The molecule has 2 N–H and O–H groups in total. The molecule has 0 heterocycles. The molecule has 0 aliphatic carbocycles. The first kappa shape index (κ1) is 21.7. The molecule has 0 aromatic heterocycles. The fourth-order valence-corrected chi connectivity index (χ4v) is 2.52. The molecular formula is C21H24N4O4. The molecular weight excluding hydrogens is 372 g/mol. The summed E-state index contributed by atoms with van der Waals surface area (Å²) in [6, 6.07) is 13.4. The Labute approximate surface area is 169 Å². The highest BCUT2D eigenvalue weighted by Gasteiger charge is 2.11. The van der Waals surface area contributed by atoms with Gasteiger partial charge in [0.1, 0.15) is 0 Å². The molecule has 0 aliphatic heterocycles. The Bertz CT molecular complexity index is 892. The average molecular weight is 396 g/mol. The Hall–Kier alpha value is -3.55. The summed E-state index contributed by atoms with van der Waals surface area (Å²) in [5.41, 5.74) is 4.63. The van der Waals surface area contributed by atoms with E-state index in [4.69, 9.17) is 0 Å². The Morgan fingerprint density at radius 2 is 1.90 bits per heavy atom. The van der Waals surface area contributed by atoms with Crippen LogP contribution < -0.4 is 10.7 Å². The average Bonchev–Trinajstić information content (AvgIpc) is 2.71. The minimum Gasteiger partial charge on any atom is -0.352 e. The monoisotopic (exact) mass is 396 g/mol. The Balaban J connectivity index is 1.69. The molecule has 0 unspecified atom stereocenters. The van der Waals surface area contributed by atoms with E-state index in [2.05, 4.69) is 29.7 Å². The van der Waals surface area contributed by atoms with Crippen molar-refractivity contribution in [3.63, 3.8) is 0 Å². The number of hydrogen-bond acceptors (Lipinski definition) is 5. The molecule has 2 aromatic carbocycles. The molecule has 0 saturated heterocycles. The number of hydrogen-bond donors (Lipinski definition) is 2. The van der Waals surface area contributed by atoms with E-state index < -0.39 is 10.8 Å². The van der Waals surface area contributed by atoms with Gasteiger partial charge in [0.2, 0.25) is 5.91 Å². The molecule has 0 bridgehead atoms. The molecule has 2 rings (SSSR count). The second kappa shape index (κ2) is 10.7. The minimum atomic E-state index is -0.555. The molecule has 0 atom stereocenters. The van der Waals surface area contributed by atoms with E-state index in [0.717, 1.165) is 5.56 Å². The van der Waals surface area contributed by atoms with Gasteiger partial charge in [0, 0.05) is 30.7 Å². The maximum atomic E-state index is 12.0. The van der Waals surface area contributed by atoms with Crippen molar-refractivity contribution in [2.75, 3.05) is 6.54 Å². The third kappa shape index (κ3) is 7.17. The second-order valence-corrected chi connectivity index (χ2v) is 6.78. The number of carbonyl (C=O) groups excluding carboxylic acids is 2. The fourth-order valence-electron chi connectivity index (χ4n) is 2.52. The molecule has 29 heavy (non-hydrogen) atoms. The first-order valence-corrected chi connectivity index (χ1v) is 9.31. The molecule has 0 spiro atoms. The highest BCUT2D eigenvalue weighted by atomic mass is 16.6. The van der Waals surface area contributed by atoms with Gasteiger partial charge in [-0.15, -0.1) is 0 Å². The third-order valence-electron chi connectivity index (χ3n) is 4.19.